The number of aryl methyl sites for hydroxylation is 2. The normalized spacial score (nSPS) is 24.0. The Bertz CT molecular complexity index is 1450. The lowest BCUT2D eigenvalue weighted by atomic mass is 9.71. The van der Waals surface area contributed by atoms with Gasteiger partial charge in [0.15, 0.2) is 5.13 Å². The van der Waals surface area contributed by atoms with Crippen LogP contribution in [0.1, 0.15) is 66.1 Å². The Morgan fingerprint density at radius 3 is 2.46 bits per heavy atom. The summed E-state index contributed by atoms with van der Waals surface area (Å²) in [5, 5.41) is 12.9. The molecule has 3 fully saturated rings. The van der Waals surface area contributed by atoms with E-state index in [0.717, 1.165) is 96.3 Å². The number of ether oxygens (including phenoxy) is 1. The van der Waals surface area contributed by atoms with E-state index in [1.54, 1.807) is 11.3 Å². The lowest BCUT2D eigenvalue weighted by molar-refractivity contribution is -0.153. The molecule has 6 rings (SSSR count). The molecule has 3 heterocycles. The summed E-state index contributed by atoms with van der Waals surface area (Å²) >= 11 is 1.61. The maximum atomic E-state index is 13.0. The molecule has 3 aromatic rings. The molecule has 0 radical (unpaired) electrons. The molecule has 1 N–H and O–H groups in total. The van der Waals surface area contributed by atoms with E-state index in [1.807, 2.05) is 43.0 Å². The van der Waals surface area contributed by atoms with Crippen LogP contribution < -0.4 is 9.64 Å². The summed E-state index contributed by atoms with van der Waals surface area (Å²) < 4.78 is 6.37. The van der Waals surface area contributed by atoms with Crippen LogP contribution in [0.15, 0.2) is 41.8 Å². The number of hydrogen-bond acceptors (Lipinski definition) is 6. The van der Waals surface area contributed by atoms with E-state index in [9.17, 15) is 14.7 Å². The first kappa shape index (κ1) is 27.8. The second-order valence-corrected chi connectivity index (χ2v) is 13.1. The van der Waals surface area contributed by atoms with Gasteiger partial charge in [-0.2, -0.15) is 0 Å². The minimum absolute atomic E-state index is 0.120. The largest absolute Gasteiger partial charge is 0.488 e. The van der Waals surface area contributed by atoms with Gasteiger partial charge >= 0.3 is 5.97 Å². The third-order valence-corrected chi connectivity index (χ3v) is 10.6. The molecule has 0 spiro atoms. The molecule has 1 amide bonds. The summed E-state index contributed by atoms with van der Waals surface area (Å²) in [7, 11) is 0. The fraction of sp³-hybridized carbons (Fsp3) is 0.485. The van der Waals surface area contributed by atoms with Gasteiger partial charge in [-0.05, 0) is 100 Å². The van der Waals surface area contributed by atoms with E-state index in [1.165, 1.54) is 6.42 Å². The number of likely N-dealkylation sites (tertiary alicyclic amines) is 1. The lowest BCUT2D eigenvalue weighted by Gasteiger charge is -2.42. The van der Waals surface area contributed by atoms with Crippen molar-refractivity contribution in [3.63, 3.8) is 0 Å². The Morgan fingerprint density at radius 1 is 1.05 bits per heavy atom. The van der Waals surface area contributed by atoms with Crippen LogP contribution in [0.2, 0.25) is 0 Å². The average molecular weight is 574 g/mol. The van der Waals surface area contributed by atoms with E-state index in [0.29, 0.717) is 6.61 Å². The zero-order valence-corrected chi connectivity index (χ0v) is 25.0. The molecule has 2 aliphatic heterocycles. The van der Waals surface area contributed by atoms with Crippen LogP contribution >= 0.6 is 11.3 Å². The number of carbonyl (C=O) groups is 2. The second-order valence-electron chi connectivity index (χ2n) is 12.3. The monoisotopic (exact) mass is 573 g/mol. The van der Waals surface area contributed by atoms with E-state index in [2.05, 4.69) is 29.3 Å². The van der Waals surface area contributed by atoms with E-state index >= 15 is 0 Å². The molecule has 1 aromatic heterocycles. The highest BCUT2D eigenvalue weighted by Crippen LogP contribution is 2.52. The van der Waals surface area contributed by atoms with Crippen molar-refractivity contribution in [2.75, 3.05) is 31.1 Å². The number of fused-ring (bicyclic) bond motifs is 2. The number of benzene rings is 2. The number of aromatic nitrogens is 1. The van der Waals surface area contributed by atoms with Crippen molar-refractivity contribution >= 4 is 28.3 Å². The van der Waals surface area contributed by atoms with Crippen molar-refractivity contribution in [3.8, 4) is 17.0 Å². The molecule has 1 saturated carbocycles. The highest BCUT2D eigenvalue weighted by atomic mass is 32.1. The van der Waals surface area contributed by atoms with Crippen LogP contribution in [0.5, 0.6) is 5.75 Å². The van der Waals surface area contributed by atoms with Gasteiger partial charge < -0.3 is 19.6 Å². The molecule has 41 heavy (non-hydrogen) atoms. The fourth-order valence-electron chi connectivity index (χ4n) is 6.94. The van der Waals surface area contributed by atoms with Gasteiger partial charge in [-0.3, -0.25) is 9.59 Å². The fourth-order valence-corrected chi connectivity index (χ4v) is 7.78. The highest BCUT2D eigenvalue weighted by Gasteiger charge is 2.56. The first-order chi connectivity index (χ1) is 19.7. The van der Waals surface area contributed by atoms with Crippen molar-refractivity contribution in [1.82, 2.24) is 9.88 Å². The molecule has 8 heteroatoms. The second kappa shape index (κ2) is 11.1. The number of piperidine rings is 2. The number of carboxylic acids is 1. The van der Waals surface area contributed by atoms with Crippen LogP contribution in [0.25, 0.3) is 11.3 Å². The van der Waals surface area contributed by atoms with Crippen molar-refractivity contribution in [2.45, 2.75) is 59.5 Å². The van der Waals surface area contributed by atoms with Gasteiger partial charge in [-0.15, -0.1) is 11.3 Å². The van der Waals surface area contributed by atoms with Gasteiger partial charge in [0.25, 0.3) is 5.91 Å². The SMILES string of the molecule is Cc1ccc(OCc2ccc(C(=O)N3CCCCC3)cc2C)c(-c2csc(N3C[C@H]4CC[C@@H](C3)[C@@]4(C)C(=O)O)n2)c1. The maximum absolute atomic E-state index is 13.0. The van der Waals surface area contributed by atoms with Crippen molar-refractivity contribution in [2.24, 2.45) is 17.3 Å². The van der Waals surface area contributed by atoms with Gasteiger partial charge in [0.05, 0.1) is 11.1 Å². The smallest absolute Gasteiger partial charge is 0.310 e. The van der Waals surface area contributed by atoms with Crippen LogP contribution in [0, 0.1) is 31.1 Å². The Morgan fingerprint density at radius 2 is 1.78 bits per heavy atom. The first-order valence-corrected chi connectivity index (χ1v) is 15.7. The Hall–Kier alpha value is -3.39. The van der Waals surface area contributed by atoms with Crippen molar-refractivity contribution in [3.05, 3.63) is 64.0 Å². The Labute approximate surface area is 246 Å². The molecule has 2 aromatic carbocycles. The summed E-state index contributed by atoms with van der Waals surface area (Å²) in [6.07, 6.45) is 5.29. The predicted octanol–water partition coefficient (Wildman–Crippen LogP) is 6.57. The van der Waals surface area contributed by atoms with Crippen molar-refractivity contribution < 1.29 is 19.4 Å². The molecular weight excluding hydrogens is 534 g/mol. The number of rotatable bonds is 7. The van der Waals surface area contributed by atoms with Gasteiger partial charge in [0.2, 0.25) is 0 Å². The van der Waals surface area contributed by atoms with E-state index < -0.39 is 11.4 Å². The van der Waals surface area contributed by atoms with Crippen LogP contribution in [-0.4, -0.2) is 53.0 Å². The maximum Gasteiger partial charge on any atom is 0.310 e. The van der Waals surface area contributed by atoms with E-state index in [4.69, 9.17) is 9.72 Å². The van der Waals surface area contributed by atoms with Gasteiger partial charge in [-0.1, -0.05) is 17.7 Å². The van der Waals surface area contributed by atoms with E-state index in [-0.39, 0.29) is 17.7 Å². The summed E-state index contributed by atoms with van der Waals surface area (Å²) in [5.74, 6) is 0.527. The number of amides is 1. The summed E-state index contributed by atoms with van der Waals surface area (Å²) in [5.41, 5.74) is 5.17. The highest BCUT2D eigenvalue weighted by molar-refractivity contribution is 7.14. The number of nitrogens with zero attached hydrogens (tertiary/aromatic N) is 3. The predicted molar refractivity (Wildman–Crippen MR) is 162 cm³/mol. The number of hydrogen-bond donors (Lipinski definition) is 1. The topological polar surface area (TPSA) is 83.0 Å². The summed E-state index contributed by atoms with van der Waals surface area (Å²) in [4.78, 5) is 34.3. The summed E-state index contributed by atoms with van der Waals surface area (Å²) in [6.45, 7) is 9.60. The summed E-state index contributed by atoms with van der Waals surface area (Å²) in [6, 6.07) is 12.1. The molecule has 2 bridgehead atoms. The standard InChI is InChI=1S/C33H39N3O4S/c1-21-7-12-29(40-19-24-9-8-23(16-22(24)2)30(37)35-13-5-4-6-14-35)27(15-21)28-20-41-32(34-28)36-17-25-10-11-26(18-36)33(25,3)31(38)39/h7-9,12,15-16,20,25-26H,4-6,10-11,13-14,17-19H2,1-3H3,(H,38,39)/t25-,26+,33+. The molecule has 216 valence electrons. The average Bonchev–Trinajstić information content (AvgIpc) is 3.51. The van der Waals surface area contributed by atoms with Gasteiger partial charge in [-0.25, -0.2) is 4.98 Å². The third kappa shape index (κ3) is 5.23. The van der Waals surface area contributed by atoms with Gasteiger partial charge in [0, 0.05) is 42.7 Å². The number of aliphatic carboxylic acids is 1. The van der Waals surface area contributed by atoms with Crippen LogP contribution in [0.3, 0.4) is 0 Å². The molecule has 3 atom stereocenters. The van der Waals surface area contributed by atoms with Crippen molar-refractivity contribution in [1.29, 1.82) is 0 Å². The quantitative estimate of drug-likeness (QED) is 0.344. The third-order valence-electron chi connectivity index (χ3n) is 9.69. The molecule has 0 unspecified atom stereocenters. The minimum Gasteiger partial charge on any atom is -0.488 e. The minimum atomic E-state index is -0.662. The number of carbonyl (C=O) groups excluding carboxylic acids is 1. The van der Waals surface area contributed by atoms with Crippen LogP contribution in [0.4, 0.5) is 5.13 Å². The first-order valence-electron chi connectivity index (χ1n) is 14.8. The van der Waals surface area contributed by atoms with Gasteiger partial charge in [0.1, 0.15) is 12.4 Å². The van der Waals surface area contributed by atoms with Crippen LogP contribution in [-0.2, 0) is 11.4 Å². The number of carboxylic acid groups (broad SMARTS) is 1. The number of anilines is 1. The molecular formula is C33H39N3O4S. The molecule has 2 saturated heterocycles. The number of thiazole rings is 1. The Balaban J connectivity index is 1.17. The zero-order chi connectivity index (χ0) is 28.7. The Kier molecular flexibility index (Phi) is 7.53. The lowest BCUT2D eigenvalue weighted by Crippen LogP contribution is -2.51. The molecule has 1 aliphatic carbocycles. The zero-order valence-electron chi connectivity index (χ0n) is 24.2. The molecule has 3 aliphatic rings. The molecule has 7 nitrogen and oxygen atoms in total.